The number of para-hydroxylation sites is 1. The fraction of sp³-hybridized carbons (Fsp3) is 0.286. The molecule has 0 aliphatic carbocycles. The highest BCUT2D eigenvalue weighted by molar-refractivity contribution is 6.46. The molecule has 0 aromatic heterocycles. The van der Waals surface area contributed by atoms with Crippen LogP contribution in [0.3, 0.4) is 0 Å². The molecule has 0 atom stereocenters. The van der Waals surface area contributed by atoms with Crippen molar-refractivity contribution in [3.8, 4) is 0 Å². The van der Waals surface area contributed by atoms with Gasteiger partial charge in [0, 0.05) is 37.2 Å². The first-order chi connectivity index (χ1) is 13.5. The van der Waals surface area contributed by atoms with Gasteiger partial charge in [0.1, 0.15) is 17.2 Å². The molecule has 2 amide bonds. The lowest BCUT2D eigenvalue weighted by Crippen LogP contribution is -2.52. The van der Waals surface area contributed by atoms with Crippen LogP contribution in [-0.2, 0) is 9.59 Å². The zero-order valence-corrected chi connectivity index (χ0v) is 15.3. The van der Waals surface area contributed by atoms with Gasteiger partial charge in [-0.25, -0.2) is 4.39 Å². The minimum absolute atomic E-state index is 0.0680. The first-order valence-corrected chi connectivity index (χ1v) is 9.29. The number of carbonyl (C=O) groups is 2. The minimum atomic E-state index is -0.662. The van der Waals surface area contributed by atoms with Crippen LogP contribution in [-0.4, -0.2) is 47.7 Å². The highest BCUT2D eigenvalue weighted by Gasteiger charge is 2.42. The van der Waals surface area contributed by atoms with Crippen molar-refractivity contribution in [2.45, 2.75) is 18.5 Å². The Labute approximate surface area is 162 Å². The normalized spacial score (nSPS) is 18.6. The van der Waals surface area contributed by atoms with Crippen LogP contribution in [0.4, 0.5) is 10.1 Å². The fourth-order valence-electron chi connectivity index (χ4n) is 3.64. The number of amides is 2. The third-order valence-corrected chi connectivity index (χ3v) is 5.09. The summed E-state index contributed by atoms with van der Waals surface area (Å²) in [7, 11) is 0. The molecule has 144 valence electrons. The van der Waals surface area contributed by atoms with Crippen molar-refractivity contribution in [2.75, 3.05) is 25.0 Å². The van der Waals surface area contributed by atoms with Crippen molar-refractivity contribution in [1.82, 2.24) is 10.2 Å². The number of hydrogen-bond acceptors (Lipinski definition) is 4. The summed E-state index contributed by atoms with van der Waals surface area (Å²) in [5, 5.41) is 5.84. The van der Waals surface area contributed by atoms with Gasteiger partial charge in [0.25, 0.3) is 5.91 Å². The number of aliphatic imine (C=N–C) groups is 1. The van der Waals surface area contributed by atoms with E-state index >= 15 is 0 Å². The van der Waals surface area contributed by atoms with Gasteiger partial charge in [0.05, 0.1) is 6.54 Å². The van der Waals surface area contributed by atoms with Crippen molar-refractivity contribution in [3.05, 3.63) is 66.0 Å². The van der Waals surface area contributed by atoms with Gasteiger partial charge >= 0.3 is 0 Å². The molecule has 0 radical (unpaired) electrons. The number of rotatable bonds is 4. The second-order valence-electron chi connectivity index (χ2n) is 7.15. The fourth-order valence-corrected chi connectivity index (χ4v) is 3.64. The number of nitrogens with zero attached hydrogens (tertiary/aromatic N) is 2. The first-order valence-electron chi connectivity index (χ1n) is 9.29. The lowest BCUT2D eigenvalue weighted by atomic mass is 9.98. The van der Waals surface area contributed by atoms with Crippen LogP contribution >= 0.6 is 0 Å². The summed E-state index contributed by atoms with van der Waals surface area (Å²) >= 11 is 0. The Morgan fingerprint density at radius 3 is 2.61 bits per heavy atom. The molecule has 2 aromatic rings. The molecule has 2 aliphatic rings. The molecule has 0 saturated carbocycles. The van der Waals surface area contributed by atoms with Crippen molar-refractivity contribution in [2.24, 2.45) is 4.99 Å². The quantitative estimate of drug-likeness (QED) is 0.854. The number of hydrogen-bond donors (Lipinski definition) is 2. The smallest absolute Gasteiger partial charge is 0.272 e. The largest absolute Gasteiger partial charge is 0.326 e. The van der Waals surface area contributed by atoms with E-state index in [2.05, 4.69) is 15.6 Å². The maximum Gasteiger partial charge on any atom is 0.272 e. The van der Waals surface area contributed by atoms with E-state index in [9.17, 15) is 14.0 Å². The summed E-state index contributed by atoms with van der Waals surface area (Å²) in [4.78, 5) is 31.3. The molecule has 2 aromatic carbocycles. The number of halogens is 1. The Kier molecular flexibility index (Phi) is 4.92. The number of carbonyl (C=O) groups excluding carboxylic acids is 2. The Balaban J connectivity index is 1.37. The highest BCUT2D eigenvalue weighted by atomic mass is 19.1. The summed E-state index contributed by atoms with van der Waals surface area (Å²) in [5.74, 6) is -0.740. The summed E-state index contributed by atoms with van der Waals surface area (Å²) in [6.07, 6.45) is 1.21. The van der Waals surface area contributed by atoms with Crippen LogP contribution in [0.1, 0.15) is 18.4 Å². The summed E-state index contributed by atoms with van der Waals surface area (Å²) < 4.78 is 13.5. The van der Waals surface area contributed by atoms with Gasteiger partial charge in [-0.15, -0.1) is 0 Å². The van der Waals surface area contributed by atoms with Gasteiger partial charge in [-0.2, -0.15) is 0 Å². The second kappa shape index (κ2) is 7.52. The van der Waals surface area contributed by atoms with Gasteiger partial charge in [0.15, 0.2) is 0 Å². The van der Waals surface area contributed by atoms with E-state index in [0.717, 1.165) is 5.69 Å². The molecule has 7 heteroatoms. The standard InChI is InChI=1S/C21H21FN4O2/c22-16-6-4-5-15(13-16)19-20(28)25-21(24-19)9-11-26(12-10-21)14-18(27)23-17-7-2-1-3-8-17/h1-8,13H,9-12,14H2,(H,23,27)(H,25,28). The third-order valence-electron chi connectivity index (χ3n) is 5.09. The van der Waals surface area contributed by atoms with E-state index in [1.54, 1.807) is 12.1 Å². The molecule has 2 heterocycles. The Hall–Kier alpha value is -3.06. The van der Waals surface area contributed by atoms with Gasteiger partial charge in [-0.05, 0) is 24.3 Å². The summed E-state index contributed by atoms with van der Waals surface area (Å²) in [6, 6.07) is 15.2. The molecule has 1 fully saturated rings. The molecule has 4 rings (SSSR count). The van der Waals surface area contributed by atoms with Crippen LogP contribution in [0.25, 0.3) is 0 Å². The topological polar surface area (TPSA) is 73.8 Å². The number of benzene rings is 2. The zero-order valence-electron chi connectivity index (χ0n) is 15.3. The maximum absolute atomic E-state index is 13.5. The van der Waals surface area contributed by atoms with Crippen molar-refractivity contribution >= 4 is 23.2 Å². The van der Waals surface area contributed by atoms with Crippen LogP contribution in [0.2, 0.25) is 0 Å². The van der Waals surface area contributed by atoms with E-state index < -0.39 is 11.5 Å². The summed E-state index contributed by atoms with van der Waals surface area (Å²) in [6.45, 7) is 1.57. The van der Waals surface area contributed by atoms with Crippen molar-refractivity contribution in [3.63, 3.8) is 0 Å². The van der Waals surface area contributed by atoms with Crippen LogP contribution < -0.4 is 10.6 Å². The van der Waals surface area contributed by atoms with Crippen molar-refractivity contribution < 1.29 is 14.0 Å². The van der Waals surface area contributed by atoms with Crippen LogP contribution in [0, 0.1) is 5.82 Å². The number of nitrogens with one attached hydrogen (secondary N) is 2. The average molecular weight is 380 g/mol. The van der Waals surface area contributed by atoms with Crippen LogP contribution in [0.5, 0.6) is 0 Å². The molecule has 28 heavy (non-hydrogen) atoms. The maximum atomic E-state index is 13.5. The van der Waals surface area contributed by atoms with Gasteiger partial charge in [0.2, 0.25) is 5.91 Å². The monoisotopic (exact) mass is 380 g/mol. The number of likely N-dealkylation sites (tertiary alicyclic amines) is 1. The van der Waals surface area contributed by atoms with E-state index in [4.69, 9.17) is 0 Å². The molecular weight excluding hydrogens is 359 g/mol. The predicted octanol–water partition coefficient (Wildman–Crippen LogP) is 2.18. The molecule has 0 bridgehead atoms. The third kappa shape index (κ3) is 3.94. The molecule has 0 unspecified atom stereocenters. The van der Waals surface area contributed by atoms with E-state index in [-0.39, 0.29) is 17.5 Å². The van der Waals surface area contributed by atoms with E-state index in [1.165, 1.54) is 12.1 Å². The molecule has 1 spiro atoms. The van der Waals surface area contributed by atoms with E-state index in [1.807, 2.05) is 35.2 Å². The second-order valence-corrected chi connectivity index (χ2v) is 7.15. The molecule has 2 aliphatic heterocycles. The molecule has 2 N–H and O–H groups in total. The summed E-state index contributed by atoms with van der Waals surface area (Å²) in [5.41, 5.74) is 0.868. The minimum Gasteiger partial charge on any atom is -0.326 e. The van der Waals surface area contributed by atoms with Gasteiger partial charge in [-0.3, -0.25) is 19.5 Å². The molecular formula is C21H21FN4O2. The Morgan fingerprint density at radius 2 is 1.89 bits per heavy atom. The number of anilines is 1. The van der Waals surface area contributed by atoms with Gasteiger partial charge < -0.3 is 10.6 Å². The Morgan fingerprint density at radius 1 is 1.14 bits per heavy atom. The SMILES string of the molecule is O=C(CN1CCC2(CC1)N=C(c1cccc(F)c1)C(=O)N2)Nc1ccccc1. The van der Waals surface area contributed by atoms with Crippen molar-refractivity contribution in [1.29, 1.82) is 0 Å². The lowest BCUT2D eigenvalue weighted by Gasteiger charge is -2.36. The highest BCUT2D eigenvalue weighted by Crippen LogP contribution is 2.28. The molecule has 1 saturated heterocycles. The van der Waals surface area contributed by atoms with Crippen LogP contribution in [0.15, 0.2) is 59.6 Å². The van der Waals surface area contributed by atoms with Gasteiger partial charge in [-0.1, -0.05) is 30.3 Å². The lowest BCUT2D eigenvalue weighted by molar-refractivity contribution is -0.119. The Bertz CT molecular complexity index is 921. The average Bonchev–Trinajstić information content (AvgIpc) is 3.01. The predicted molar refractivity (Wildman–Crippen MR) is 105 cm³/mol. The first kappa shape index (κ1) is 18.3. The molecule has 6 nitrogen and oxygen atoms in total. The van der Waals surface area contributed by atoms with E-state index in [0.29, 0.717) is 38.0 Å². The zero-order chi connectivity index (χ0) is 19.6. The number of piperidine rings is 1.